The first-order valence-corrected chi connectivity index (χ1v) is 12.8. The number of methoxy groups -OCH3 is 2. The van der Waals surface area contributed by atoms with Gasteiger partial charge in [-0.15, -0.1) is 11.8 Å². The molecule has 0 unspecified atom stereocenters. The number of carbonyl (C=O) groups is 1. The molecule has 1 amide bonds. The zero-order chi connectivity index (χ0) is 23.2. The number of benzene rings is 2. The molecule has 0 atom stereocenters. The summed E-state index contributed by atoms with van der Waals surface area (Å²) in [5, 5.41) is 0.639. The predicted octanol–water partition coefficient (Wildman–Crippen LogP) is 4.40. The van der Waals surface area contributed by atoms with E-state index in [-0.39, 0.29) is 5.91 Å². The van der Waals surface area contributed by atoms with Gasteiger partial charge in [0.2, 0.25) is 0 Å². The molecule has 1 fully saturated rings. The number of nitrogens with zero attached hydrogens (tertiary/aromatic N) is 3. The van der Waals surface area contributed by atoms with Gasteiger partial charge in [0, 0.05) is 36.6 Å². The summed E-state index contributed by atoms with van der Waals surface area (Å²) in [5.74, 6) is 2.28. The van der Waals surface area contributed by atoms with Gasteiger partial charge in [0.1, 0.15) is 21.7 Å². The number of morpholine rings is 1. The maximum Gasteiger partial charge on any atom is 0.260 e. The molecule has 0 spiro atoms. The molecule has 176 valence electrons. The molecule has 0 bridgehead atoms. The third-order valence-electron chi connectivity index (χ3n) is 5.51. The van der Waals surface area contributed by atoms with E-state index >= 15 is 0 Å². The molecule has 0 saturated carbocycles. The summed E-state index contributed by atoms with van der Waals surface area (Å²) in [6, 6.07) is 11.5. The normalized spacial score (nSPS) is 14.4. The first-order valence-electron chi connectivity index (χ1n) is 11.0. The van der Waals surface area contributed by atoms with Crippen molar-refractivity contribution in [3.8, 4) is 11.5 Å². The molecular formula is C24H29N3O4S2. The van der Waals surface area contributed by atoms with Crippen molar-refractivity contribution in [2.45, 2.75) is 11.8 Å². The number of aromatic nitrogens is 1. The molecule has 0 N–H and O–H groups in total. The number of hydrogen-bond acceptors (Lipinski definition) is 8. The van der Waals surface area contributed by atoms with E-state index in [2.05, 4.69) is 11.8 Å². The van der Waals surface area contributed by atoms with E-state index in [0.717, 1.165) is 53.9 Å². The van der Waals surface area contributed by atoms with Crippen LogP contribution >= 0.6 is 23.1 Å². The lowest BCUT2D eigenvalue weighted by Crippen LogP contribution is -2.43. The van der Waals surface area contributed by atoms with Crippen LogP contribution in [0.2, 0.25) is 0 Å². The summed E-state index contributed by atoms with van der Waals surface area (Å²) in [4.78, 5) is 23.8. The zero-order valence-electron chi connectivity index (χ0n) is 19.2. The molecule has 2 aromatic carbocycles. The molecule has 2 heterocycles. The molecule has 9 heteroatoms. The van der Waals surface area contributed by atoms with E-state index in [1.165, 1.54) is 11.3 Å². The molecule has 33 heavy (non-hydrogen) atoms. The van der Waals surface area contributed by atoms with E-state index in [1.54, 1.807) is 30.9 Å². The molecule has 7 nitrogen and oxygen atoms in total. The van der Waals surface area contributed by atoms with Crippen molar-refractivity contribution in [1.29, 1.82) is 0 Å². The quantitative estimate of drug-likeness (QED) is 0.415. The monoisotopic (exact) mass is 487 g/mol. The third-order valence-corrected chi connectivity index (χ3v) is 7.48. The molecular weight excluding hydrogens is 458 g/mol. The Morgan fingerprint density at radius 3 is 2.67 bits per heavy atom. The highest BCUT2D eigenvalue weighted by molar-refractivity contribution is 7.99. The maximum atomic E-state index is 13.7. The number of fused-ring (bicyclic) bond motifs is 1. The highest BCUT2D eigenvalue weighted by Crippen LogP contribution is 2.40. The molecule has 4 rings (SSSR count). The Balaban J connectivity index is 1.70. The van der Waals surface area contributed by atoms with Gasteiger partial charge in [-0.2, -0.15) is 0 Å². The van der Waals surface area contributed by atoms with Crippen LogP contribution in [0.15, 0.2) is 41.3 Å². The number of hydrogen-bond donors (Lipinski definition) is 0. The van der Waals surface area contributed by atoms with Gasteiger partial charge >= 0.3 is 0 Å². The predicted molar refractivity (Wildman–Crippen MR) is 134 cm³/mol. The summed E-state index contributed by atoms with van der Waals surface area (Å²) < 4.78 is 17.4. The number of carbonyl (C=O) groups excluding carboxylic acids is 1. The Hall–Kier alpha value is -2.33. The van der Waals surface area contributed by atoms with Crippen LogP contribution in [-0.4, -0.2) is 75.2 Å². The van der Waals surface area contributed by atoms with Crippen molar-refractivity contribution in [3.05, 3.63) is 42.0 Å². The van der Waals surface area contributed by atoms with Crippen molar-refractivity contribution < 1.29 is 19.0 Å². The topological polar surface area (TPSA) is 64.1 Å². The summed E-state index contributed by atoms with van der Waals surface area (Å²) in [6.45, 7) is 6.57. The Morgan fingerprint density at radius 2 is 1.94 bits per heavy atom. The van der Waals surface area contributed by atoms with E-state index in [0.29, 0.717) is 28.5 Å². The van der Waals surface area contributed by atoms with Crippen LogP contribution in [-0.2, 0) is 4.74 Å². The van der Waals surface area contributed by atoms with Crippen LogP contribution in [0.4, 0.5) is 5.13 Å². The average Bonchev–Trinajstić information content (AvgIpc) is 3.29. The standard InChI is InChI=1S/C24H29N3O4S2/c1-4-32-18-7-5-6-17(16-18)23(28)27(11-10-26-12-14-31-15-13-26)24-25-21-19(29-2)8-9-20(30-3)22(21)33-24/h5-9,16H,4,10-15H2,1-3H3. The summed E-state index contributed by atoms with van der Waals surface area (Å²) >= 11 is 3.18. The van der Waals surface area contributed by atoms with Crippen LogP contribution in [0, 0.1) is 0 Å². The van der Waals surface area contributed by atoms with E-state index in [1.807, 2.05) is 36.4 Å². The Kier molecular flexibility index (Phi) is 8.08. The zero-order valence-corrected chi connectivity index (χ0v) is 20.8. The van der Waals surface area contributed by atoms with Crippen LogP contribution in [0.1, 0.15) is 17.3 Å². The van der Waals surface area contributed by atoms with Crippen molar-refractivity contribution in [2.75, 3.05) is 64.3 Å². The fourth-order valence-electron chi connectivity index (χ4n) is 3.78. The van der Waals surface area contributed by atoms with Gasteiger partial charge in [-0.1, -0.05) is 24.3 Å². The molecule has 1 aromatic heterocycles. The van der Waals surface area contributed by atoms with E-state index < -0.39 is 0 Å². The average molecular weight is 488 g/mol. The van der Waals surface area contributed by atoms with E-state index in [9.17, 15) is 4.79 Å². The van der Waals surface area contributed by atoms with Crippen molar-refractivity contribution >= 4 is 44.4 Å². The summed E-state index contributed by atoms with van der Waals surface area (Å²) in [6.07, 6.45) is 0. The Morgan fingerprint density at radius 1 is 1.18 bits per heavy atom. The smallest absolute Gasteiger partial charge is 0.260 e. The molecule has 0 aliphatic carbocycles. The molecule has 1 aliphatic rings. The third kappa shape index (κ3) is 5.43. The lowest BCUT2D eigenvalue weighted by atomic mass is 10.2. The molecule has 0 radical (unpaired) electrons. The number of ether oxygens (including phenoxy) is 3. The van der Waals surface area contributed by atoms with Crippen molar-refractivity contribution in [3.63, 3.8) is 0 Å². The lowest BCUT2D eigenvalue weighted by Gasteiger charge is -2.29. The van der Waals surface area contributed by atoms with Gasteiger partial charge < -0.3 is 14.2 Å². The second-order valence-electron chi connectivity index (χ2n) is 7.52. The van der Waals surface area contributed by atoms with Gasteiger partial charge in [0.15, 0.2) is 5.13 Å². The number of thioether (sulfide) groups is 1. The maximum absolute atomic E-state index is 13.7. The van der Waals surface area contributed by atoms with Crippen LogP contribution in [0.3, 0.4) is 0 Å². The van der Waals surface area contributed by atoms with Crippen LogP contribution < -0.4 is 14.4 Å². The second-order valence-corrected chi connectivity index (χ2v) is 9.83. The highest BCUT2D eigenvalue weighted by Gasteiger charge is 2.25. The van der Waals surface area contributed by atoms with E-state index in [4.69, 9.17) is 19.2 Å². The summed E-state index contributed by atoms with van der Waals surface area (Å²) in [5.41, 5.74) is 1.37. The fourth-order valence-corrected chi connectivity index (χ4v) is 5.60. The van der Waals surface area contributed by atoms with Gasteiger partial charge in [-0.25, -0.2) is 4.98 Å². The highest BCUT2D eigenvalue weighted by atomic mass is 32.2. The largest absolute Gasteiger partial charge is 0.495 e. The second kappa shape index (κ2) is 11.2. The number of anilines is 1. The minimum Gasteiger partial charge on any atom is -0.495 e. The first-order chi connectivity index (χ1) is 16.1. The molecule has 1 aliphatic heterocycles. The van der Waals surface area contributed by atoms with Gasteiger partial charge in [0.25, 0.3) is 5.91 Å². The fraction of sp³-hybridized carbons (Fsp3) is 0.417. The molecule has 3 aromatic rings. The number of amides is 1. The van der Waals surface area contributed by atoms with Gasteiger partial charge in [-0.3, -0.25) is 14.6 Å². The van der Waals surface area contributed by atoms with Crippen LogP contribution in [0.5, 0.6) is 11.5 Å². The van der Waals surface area contributed by atoms with Crippen molar-refractivity contribution in [2.24, 2.45) is 0 Å². The first kappa shape index (κ1) is 23.8. The van der Waals surface area contributed by atoms with Crippen molar-refractivity contribution in [1.82, 2.24) is 9.88 Å². The Labute approximate surface area is 202 Å². The SMILES string of the molecule is CCSc1cccc(C(=O)N(CCN2CCOCC2)c2nc3c(OC)ccc(OC)c3s2)c1. The van der Waals surface area contributed by atoms with Gasteiger partial charge in [0.05, 0.1) is 27.4 Å². The minimum atomic E-state index is -0.0567. The summed E-state index contributed by atoms with van der Waals surface area (Å²) in [7, 11) is 3.26. The van der Waals surface area contributed by atoms with Gasteiger partial charge in [-0.05, 0) is 36.1 Å². The number of rotatable bonds is 9. The number of thiazole rings is 1. The lowest BCUT2D eigenvalue weighted by molar-refractivity contribution is 0.0391. The molecule has 1 saturated heterocycles. The minimum absolute atomic E-state index is 0.0567. The Bertz CT molecular complexity index is 1060. The van der Waals surface area contributed by atoms with Crippen LogP contribution in [0.25, 0.3) is 10.2 Å².